The Morgan fingerprint density at radius 1 is 1.47 bits per heavy atom. The van der Waals surface area contributed by atoms with E-state index in [2.05, 4.69) is 11.9 Å². The van der Waals surface area contributed by atoms with Crippen LogP contribution in [0.3, 0.4) is 0 Å². The molecule has 3 rings (SSSR count). The fourth-order valence-electron chi connectivity index (χ4n) is 2.69. The second-order valence-corrected chi connectivity index (χ2v) is 5.51. The smallest absolute Gasteiger partial charge is 0.270 e. The third kappa shape index (κ3) is 1.91. The van der Waals surface area contributed by atoms with Crippen LogP contribution < -0.4 is 0 Å². The topological polar surface area (TPSA) is 36.1 Å². The summed E-state index contributed by atoms with van der Waals surface area (Å²) >= 11 is 0. The Bertz CT molecular complexity index is 661. The zero-order chi connectivity index (χ0) is 13.7. The lowest BCUT2D eigenvalue weighted by Crippen LogP contribution is -2.30. The number of aryl methyl sites for hydroxylation is 1. The van der Waals surface area contributed by atoms with Gasteiger partial charge in [-0.1, -0.05) is 6.92 Å². The number of amides is 1. The highest BCUT2D eigenvalue weighted by Gasteiger charge is 2.39. The summed E-state index contributed by atoms with van der Waals surface area (Å²) in [5.41, 5.74) is 2.14. The van der Waals surface area contributed by atoms with Crippen LogP contribution in [0.4, 0.5) is 4.39 Å². The Balaban J connectivity index is 2.00. The van der Waals surface area contributed by atoms with E-state index in [4.69, 9.17) is 0 Å². The van der Waals surface area contributed by atoms with Crippen LogP contribution >= 0.6 is 0 Å². The normalized spacial score (nSPS) is 21.7. The molecule has 1 amide bonds. The molecule has 3 nitrogen and oxygen atoms in total. The van der Waals surface area contributed by atoms with Gasteiger partial charge in [0.2, 0.25) is 0 Å². The molecule has 19 heavy (non-hydrogen) atoms. The molecule has 4 heteroatoms. The summed E-state index contributed by atoms with van der Waals surface area (Å²) < 4.78 is 13.2. The first-order valence-electron chi connectivity index (χ1n) is 6.54. The number of carbonyl (C=O) groups is 1. The summed E-state index contributed by atoms with van der Waals surface area (Å²) in [4.78, 5) is 17.3. The summed E-state index contributed by atoms with van der Waals surface area (Å²) in [7, 11) is 1.84. The molecule has 1 N–H and O–H groups in total. The summed E-state index contributed by atoms with van der Waals surface area (Å²) in [6, 6.07) is 4.91. The van der Waals surface area contributed by atoms with Crippen molar-refractivity contribution in [3.8, 4) is 0 Å². The predicted molar refractivity (Wildman–Crippen MR) is 72.7 cm³/mol. The van der Waals surface area contributed by atoms with Crippen LogP contribution in [0.2, 0.25) is 0 Å². The number of carbonyl (C=O) groups excluding carboxylic acids is 1. The SMILES string of the molecule is Cc1c(C(=O)N(C)C2CC2C)[nH]c2cc(F)ccc12. The number of hydrogen-bond donors (Lipinski definition) is 1. The van der Waals surface area contributed by atoms with Gasteiger partial charge < -0.3 is 9.88 Å². The minimum absolute atomic E-state index is 0.0107. The Morgan fingerprint density at radius 3 is 2.79 bits per heavy atom. The molecule has 1 aromatic carbocycles. The van der Waals surface area contributed by atoms with Crippen molar-refractivity contribution in [1.82, 2.24) is 9.88 Å². The maximum atomic E-state index is 13.2. The van der Waals surface area contributed by atoms with Crippen molar-refractivity contribution >= 4 is 16.8 Å². The Kier molecular flexibility index (Phi) is 2.62. The summed E-state index contributed by atoms with van der Waals surface area (Å²) in [6.45, 7) is 4.04. The van der Waals surface area contributed by atoms with Gasteiger partial charge in [-0.2, -0.15) is 0 Å². The van der Waals surface area contributed by atoms with Gasteiger partial charge in [0.15, 0.2) is 0 Å². The van der Waals surface area contributed by atoms with E-state index in [9.17, 15) is 9.18 Å². The first kappa shape index (κ1) is 12.2. The lowest BCUT2D eigenvalue weighted by molar-refractivity contribution is 0.0773. The van der Waals surface area contributed by atoms with Crippen molar-refractivity contribution in [2.75, 3.05) is 7.05 Å². The zero-order valence-corrected chi connectivity index (χ0v) is 11.3. The highest BCUT2D eigenvalue weighted by atomic mass is 19.1. The van der Waals surface area contributed by atoms with E-state index in [0.717, 1.165) is 17.4 Å². The standard InChI is InChI=1S/C15H17FN2O/c1-8-6-13(8)18(3)15(19)14-9(2)11-5-4-10(16)7-12(11)17-14/h4-5,7-8,13,17H,6H2,1-3H3. The average Bonchev–Trinajstić information content (AvgIpc) is 3.02. The van der Waals surface area contributed by atoms with Crippen molar-refractivity contribution in [2.45, 2.75) is 26.3 Å². The molecule has 1 aliphatic rings. The molecule has 1 aliphatic carbocycles. The number of aromatic amines is 1. The number of H-pyrrole nitrogens is 1. The molecular formula is C15H17FN2O. The predicted octanol–water partition coefficient (Wildman–Crippen LogP) is 3.10. The van der Waals surface area contributed by atoms with Crippen molar-refractivity contribution < 1.29 is 9.18 Å². The highest BCUT2D eigenvalue weighted by molar-refractivity contribution is 6.01. The molecule has 1 heterocycles. The van der Waals surface area contributed by atoms with Gasteiger partial charge in [-0.05, 0) is 43.0 Å². The maximum absolute atomic E-state index is 13.2. The molecule has 1 fully saturated rings. The number of fused-ring (bicyclic) bond motifs is 1. The van der Waals surface area contributed by atoms with Crippen molar-refractivity contribution in [3.63, 3.8) is 0 Å². The van der Waals surface area contributed by atoms with Gasteiger partial charge in [-0.25, -0.2) is 4.39 Å². The lowest BCUT2D eigenvalue weighted by atomic mass is 10.1. The van der Waals surface area contributed by atoms with Crippen molar-refractivity contribution in [1.29, 1.82) is 0 Å². The first-order chi connectivity index (χ1) is 8.99. The van der Waals surface area contributed by atoms with Gasteiger partial charge in [0.1, 0.15) is 11.5 Å². The second kappa shape index (κ2) is 4.08. The summed E-state index contributed by atoms with van der Waals surface area (Å²) in [6.07, 6.45) is 1.07. The molecule has 2 unspecified atom stereocenters. The fraction of sp³-hybridized carbons (Fsp3) is 0.400. The summed E-state index contributed by atoms with van der Waals surface area (Å²) in [5, 5.41) is 0.905. The van der Waals surface area contributed by atoms with Gasteiger partial charge in [-0.15, -0.1) is 0 Å². The van der Waals surface area contributed by atoms with Gasteiger partial charge >= 0.3 is 0 Å². The van der Waals surface area contributed by atoms with Gasteiger partial charge in [-0.3, -0.25) is 4.79 Å². The molecule has 2 atom stereocenters. The number of halogens is 1. The Hall–Kier alpha value is -1.84. The largest absolute Gasteiger partial charge is 0.350 e. The highest BCUT2D eigenvalue weighted by Crippen LogP contribution is 2.35. The maximum Gasteiger partial charge on any atom is 0.270 e. The van der Waals surface area contributed by atoms with Crippen LogP contribution in [0.5, 0.6) is 0 Å². The molecule has 0 bridgehead atoms. The molecule has 0 spiro atoms. The van der Waals surface area contributed by atoms with Crippen LogP contribution in [-0.4, -0.2) is 28.9 Å². The monoisotopic (exact) mass is 260 g/mol. The number of rotatable bonds is 2. The molecular weight excluding hydrogens is 243 g/mol. The van der Waals surface area contributed by atoms with Crippen LogP contribution in [-0.2, 0) is 0 Å². The molecule has 0 aliphatic heterocycles. The van der Waals surface area contributed by atoms with E-state index in [1.165, 1.54) is 12.1 Å². The number of aromatic nitrogens is 1. The molecule has 1 aromatic heterocycles. The third-order valence-corrected chi connectivity index (χ3v) is 4.12. The number of benzene rings is 1. The van der Waals surface area contributed by atoms with Crippen LogP contribution in [0, 0.1) is 18.7 Å². The van der Waals surface area contributed by atoms with Crippen molar-refractivity contribution in [2.24, 2.45) is 5.92 Å². The number of nitrogens with zero attached hydrogens (tertiary/aromatic N) is 1. The van der Waals surface area contributed by atoms with E-state index >= 15 is 0 Å². The average molecular weight is 260 g/mol. The minimum Gasteiger partial charge on any atom is -0.350 e. The molecule has 1 saturated carbocycles. The van der Waals surface area contributed by atoms with Crippen LogP contribution in [0.15, 0.2) is 18.2 Å². The minimum atomic E-state index is -0.295. The Labute approximate surface area is 111 Å². The zero-order valence-electron chi connectivity index (χ0n) is 11.3. The van der Waals surface area contributed by atoms with Crippen LogP contribution in [0.25, 0.3) is 10.9 Å². The number of nitrogens with one attached hydrogen (secondary N) is 1. The van der Waals surface area contributed by atoms with Gasteiger partial charge in [0.25, 0.3) is 5.91 Å². The Morgan fingerprint density at radius 2 is 2.16 bits per heavy atom. The van der Waals surface area contributed by atoms with Gasteiger partial charge in [0, 0.05) is 24.0 Å². The third-order valence-electron chi connectivity index (χ3n) is 4.12. The fourth-order valence-corrected chi connectivity index (χ4v) is 2.69. The van der Waals surface area contributed by atoms with E-state index < -0.39 is 0 Å². The van der Waals surface area contributed by atoms with E-state index in [1.54, 1.807) is 11.0 Å². The first-order valence-corrected chi connectivity index (χ1v) is 6.54. The molecule has 100 valence electrons. The van der Waals surface area contributed by atoms with Crippen LogP contribution in [0.1, 0.15) is 29.4 Å². The lowest BCUT2D eigenvalue weighted by Gasteiger charge is -2.16. The summed E-state index contributed by atoms with van der Waals surface area (Å²) in [5.74, 6) is 0.274. The van der Waals surface area contributed by atoms with Gasteiger partial charge in [0.05, 0.1) is 0 Å². The molecule has 2 aromatic rings. The molecule has 0 radical (unpaired) electrons. The van der Waals surface area contributed by atoms with E-state index in [1.807, 2.05) is 14.0 Å². The number of hydrogen-bond acceptors (Lipinski definition) is 1. The quantitative estimate of drug-likeness (QED) is 0.885. The van der Waals surface area contributed by atoms with E-state index in [0.29, 0.717) is 23.2 Å². The van der Waals surface area contributed by atoms with Crippen molar-refractivity contribution in [3.05, 3.63) is 35.3 Å². The second-order valence-electron chi connectivity index (χ2n) is 5.51. The van der Waals surface area contributed by atoms with E-state index in [-0.39, 0.29) is 11.7 Å². The molecule has 0 saturated heterocycles.